The van der Waals surface area contributed by atoms with Crippen molar-refractivity contribution < 1.29 is 58.0 Å². The molecule has 0 radical (unpaired) electrons. The van der Waals surface area contributed by atoms with Crippen LogP contribution in [0.3, 0.4) is 0 Å². The predicted octanol–water partition coefficient (Wildman–Crippen LogP) is 3.69. The van der Waals surface area contributed by atoms with Crippen molar-refractivity contribution in [2.45, 2.75) is 179 Å². The molecule has 16 nitrogen and oxygen atoms in total. The number of nitrogens with one attached hydrogen (secondary N) is 2. The number of likely N-dealkylation sites (N-methyl/N-ethyl adjacent to an activating group) is 1. The highest BCUT2D eigenvalue weighted by Gasteiger charge is 2.76. The molecule has 0 spiro atoms. The molecule has 4 N–H and O–H groups in total. The number of amides is 3. The Hall–Kier alpha value is -3.93. The average molecular weight is 857 g/mol. The number of nitrogens with zero attached hydrogens (tertiary/aromatic N) is 2. The van der Waals surface area contributed by atoms with Crippen LogP contribution < -0.4 is 10.6 Å². The fourth-order valence-corrected chi connectivity index (χ4v) is 8.85. The number of unbranched alkanes of at least 4 members (excludes halogenated alkanes) is 4. The number of hydrogen-bond acceptors (Lipinski definition) is 13. The second-order valence-electron chi connectivity index (χ2n) is 18.2. The van der Waals surface area contributed by atoms with Crippen molar-refractivity contribution >= 4 is 35.7 Å². The van der Waals surface area contributed by atoms with Crippen LogP contribution in [0.2, 0.25) is 0 Å². The van der Waals surface area contributed by atoms with Crippen molar-refractivity contribution in [3.05, 3.63) is 41.5 Å². The van der Waals surface area contributed by atoms with Crippen molar-refractivity contribution in [2.24, 2.45) is 5.41 Å². The Morgan fingerprint density at radius 1 is 1.03 bits per heavy atom. The van der Waals surface area contributed by atoms with Crippen LogP contribution in [0, 0.1) is 5.41 Å². The van der Waals surface area contributed by atoms with E-state index in [1.54, 1.807) is 40.9 Å². The van der Waals surface area contributed by atoms with Gasteiger partial charge in [-0.15, -0.1) is 0 Å². The zero-order chi connectivity index (χ0) is 44.7. The lowest BCUT2D eigenvalue weighted by Gasteiger charge is -2.49. The minimum Gasteiger partial charge on any atom is -0.460 e. The minimum atomic E-state index is -1.65. The molecule has 2 unspecified atom stereocenters. The molecule has 9 atom stereocenters. The van der Waals surface area contributed by atoms with Gasteiger partial charge in [0.2, 0.25) is 17.7 Å². The molecule has 2 bridgehead atoms. The van der Waals surface area contributed by atoms with Crippen LogP contribution >= 0.6 is 0 Å². The van der Waals surface area contributed by atoms with Crippen LogP contribution in [0.4, 0.5) is 0 Å². The fraction of sp³-hybridized carbons (Fsp3) is 0.711. The van der Waals surface area contributed by atoms with Gasteiger partial charge in [-0.05, 0) is 64.2 Å². The third-order valence-corrected chi connectivity index (χ3v) is 11.9. The fourth-order valence-electron chi connectivity index (χ4n) is 8.85. The SMILES string of the molecule is CCCCCC1(CCCCC)O[C@@H]2[C@H]3ON(Cc4cccc(C=CC(=O)N(C)C)c4)[C@H]4C(=O)OC(CC34C(=O)N[C@@H](C(=O)N[C@H](CO)CCC(=O)OC(C)(C)C)[C@H](C)O)[C@@H]2O1. The first-order chi connectivity index (χ1) is 28.9. The van der Waals surface area contributed by atoms with Gasteiger partial charge >= 0.3 is 11.9 Å². The largest absolute Gasteiger partial charge is 0.460 e. The van der Waals surface area contributed by atoms with Crippen LogP contribution in [0.1, 0.15) is 123 Å². The number of aliphatic hydroxyl groups excluding tert-OH is 2. The number of hydrogen-bond donors (Lipinski definition) is 4. The molecule has 5 rings (SSSR count). The van der Waals surface area contributed by atoms with Gasteiger partial charge in [-0.25, -0.2) is 0 Å². The summed E-state index contributed by atoms with van der Waals surface area (Å²) in [5.74, 6) is -3.87. The summed E-state index contributed by atoms with van der Waals surface area (Å²) >= 11 is 0. The maximum Gasteiger partial charge on any atom is 0.327 e. The van der Waals surface area contributed by atoms with E-state index in [9.17, 15) is 29.4 Å². The molecule has 340 valence electrons. The van der Waals surface area contributed by atoms with Gasteiger partial charge in [0.1, 0.15) is 41.5 Å². The molecule has 1 aromatic carbocycles. The smallest absolute Gasteiger partial charge is 0.327 e. The van der Waals surface area contributed by atoms with Crippen molar-refractivity contribution in [3.63, 3.8) is 0 Å². The lowest BCUT2D eigenvalue weighted by Crippen LogP contribution is -2.71. The van der Waals surface area contributed by atoms with Crippen LogP contribution in [0.15, 0.2) is 30.3 Å². The lowest BCUT2D eigenvalue weighted by molar-refractivity contribution is -0.224. The van der Waals surface area contributed by atoms with Crippen LogP contribution in [0.25, 0.3) is 6.08 Å². The third kappa shape index (κ3) is 11.4. The van der Waals surface area contributed by atoms with E-state index in [-0.39, 0.29) is 31.7 Å². The first-order valence-electron chi connectivity index (χ1n) is 22.0. The third-order valence-electron chi connectivity index (χ3n) is 11.9. The Balaban J connectivity index is 1.47. The average Bonchev–Trinajstić information content (AvgIpc) is 3.75. The van der Waals surface area contributed by atoms with E-state index in [2.05, 4.69) is 24.5 Å². The van der Waals surface area contributed by atoms with Gasteiger partial charge in [0.05, 0.1) is 25.3 Å². The normalized spacial score (nSPS) is 26.9. The zero-order valence-corrected chi connectivity index (χ0v) is 37.1. The van der Waals surface area contributed by atoms with Gasteiger partial charge in [-0.1, -0.05) is 63.8 Å². The van der Waals surface area contributed by atoms with E-state index < -0.39 is 95.8 Å². The predicted molar refractivity (Wildman–Crippen MR) is 224 cm³/mol. The number of carbonyl (C=O) groups excluding carboxylic acids is 5. The van der Waals surface area contributed by atoms with E-state index >= 15 is 4.79 Å². The monoisotopic (exact) mass is 856 g/mol. The summed E-state index contributed by atoms with van der Waals surface area (Å²) in [7, 11) is 3.32. The zero-order valence-electron chi connectivity index (χ0n) is 37.1. The molecule has 4 fully saturated rings. The molecule has 4 aliphatic rings. The van der Waals surface area contributed by atoms with Gasteiger partial charge in [0.15, 0.2) is 11.8 Å². The molecular weight excluding hydrogens is 789 g/mol. The van der Waals surface area contributed by atoms with Crippen molar-refractivity contribution in [1.29, 1.82) is 0 Å². The number of fused-ring (bicyclic) bond motifs is 4. The van der Waals surface area contributed by atoms with Gasteiger partial charge in [-0.2, -0.15) is 5.06 Å². The molecule has 1 aromatic rings. The summed E-state index contributed by atoms with van der Waals surface area (Å²) in [6.45, 7) is 10.3. The Morgan fingerprint density at radius 2 is 1.70 bits per heavy atom. The number of ether oxygens (including phenoxy) is 4. The summed E-state index contributed by atoms with van der Waals surface area (Å²) in [5, 5.41) is 28.0. The Kier molecular flexibility index (Phi) is 16.2. The van der Waals surface area contributed by atoms with Gasteiger partial charge in [-0.3, -0.25) is 28.8 Å². The standard InChI is InChI=1S/C45H68N4O12/c1-9-11-13-22-44(23-14-12-10-2)59-36-32-25-45(42(56)47-35(28(3)51)40(54)46-31(27-50)19-21-34(53)58-43(4,5)6)38(41(55)57-32)49(61-39(45)37(36)60-44)26-30-17-15-16-29(24-30)18-20-33(52)48(7)8/h15-18,20,24,28,31-32,35-39,50-51H,9-14,19,21-23,25-27H2,1-8H3,(H,46,54)(H,47,56)/t28-,31-,32?,35+,36-,37-,38-,39+,45?/m0/s1. The van der Waals surface area contributed by atoms with Crippen LogP contribution in [0.5, 0.6) is 0 Å². The van der Waals surface area contributed by atoms with Gasteiger partial charge in [0, 0.05) is 45.9 Å². The Morgan fingerprint density at radius 3 is 2.31 bits per heavy atom. The van der Waals surface area contributed by atoms with Gasteiger partial charge < -0.3 is 44.7 Å². The molecule has 61 heavy (non-hydrogen) atoms. The number of aliphatic hydroxyl groups is 2. The second-order valence-corrected chi connectivity index (χ2v) is 18.2. The second kappa shape index (κ2) is 20.5. The maximum atomic E-state index is 15.1. The summed E-state index contributed by atoms with van der Waals surface area (Å²) in [6.07, 6.45) is 5.06. The topological polar surface area (TPSA) is 202 Å². The summed E-state index contributed by atoms with van der Waals surface area (Å²) in [6, 6.07) is 3.68. The molecule has 3 heterocycles. The highest BCUT2D eigenvalue weighted by atomic mass is 16.8. The Labute approximate surface area is 359 Å². The number of carbonyl (C=O) groups is 5. The number of hydroxylamine groups is 2. The van der Waals surface area contributed by atoms with E-state index in [1.807, 2.05) is 24.3 Å². The first kappa shape index (κ1) is 48.1. The maximum absolute atomic E-state index is 15.1. The van der Waals surface area contributed by atoms with Crippen LogP contribution in [-0.4, -0.2) is 131 Å². The molecule has 3 aliphatic heterocycles. The van der Waals surface area contributed by atoms with E-state index in [0.29, 0.717) is 12.8 Å². The molecule has 16 heteroatoms. The summed E-state index contributed by atoms with van der Waals surface area (Å²) in [5.41, 5.74) is -0.907. The van der Waals surface area contributed by atoms with Crippen molar-refractivity contribution in [2.75, 3.05) is 20.7 Å². The van der Waals surface area contributed by atoms with Gasteiger partial charge in [0.25, 0.3) is 0 Å². The highest BCUT2D eigenvalue weighted by molar-refractivity contribution is 5.96. The number of benzene rings is 1. The van der Waals surface area contributed by atoms with E-state index in [4.69, 9.17) is 23.8 Å². The highest BCUT2D eigenvalue weighted by Crippen LogP contribution is 2.58. The number of rotatable bonds is 21. The van der Waals surface area contributed by atoms with Crippen molar-refractivity contribution in [3.8, 4) is 0 Å². The quantitative estimate of drug-likeness (QED) is 0.0793. The molecule has 3 saturated heterocycles. The van der Waals surface area contributed by atoms with Crippen molar-refractivity contribution in [1.82, 2.24) is 20.6 Å². The first-order valence-corrected chi connectivity index (χ1v) is 22.0. The molecule has 3 amide bonds. The minimum absolute atomic E-state index is 0.000337. The molecule has 1 aliphatic carbocycles. The summed E-state index contributed by atoms with van der Waals surface area (Å²) < 4.78 is 25.3. The molecule has 1 saturated carbocycles. The molecular formula is C45H68N4O12. The van der Waals surface area contributed by atoms with E-state index in [1.165, 1.54) is 23.0 Å². The Bertz CT molecular complexity index is 1740. The number of esters is 2. The van der Waals surface area contributed by atoms with Crippen LogP contribution in [-0.2, 0) is 54.3 Å². The van der Waals surface area contributed by atoms with E-state index in [0.717, 1.165) is 49.7 Å². The molecule has 0 aromatic heterocycles. The summed E-state index contributed by atoms with van der Waals surface area (Å²) in [4.78, 5) is 76.2. The lowest BCUT2D eigenvalue weighted by atomic mass is 9.62.